The highest BCUT2D eigenvalue weighted by molar-refractivity contribution is 7.22. The van der Waals surface area contributed by atoms with Crippen molar-refractivity contribution in [1.82, 2.24) is 4.98 Å². The largest absolute Gasteiger partial charge is 0.298 e. The normalized spacial score (nSPS) is 11.1. The lowest BCUT2D eigenvalue weighted by Crippen LogP contribution is -2.08. The number of rotatable bonds is 4. The molecule has 1 aromatic heterocycles. The van der Waals surface area contributed by atoms with Crippen molar-refractivity contribution >= 4 is 38.4 Å². The fraction of sp³-hybridized carbons (Fsp3) is 0. The maximum absolute atomic E-state index is 13.1. The molecule has 0 aliphatic carbocycles. The van der Waals surface area contributed by atoms with Gasteiger partial charge < -0.3 is 0 Å². The standard InChI is InChI=1S/C17H10F2N2O2S/c18-11-6-5-10(9-12(11)19)14(22)7-8-16(23)21-17-20-13-3-1-2-4-15(13)24-17/h1-9H,(H,20,21,23)/b8-7+. The maximum atomic E-state index is 13.1. The number of halogens is 2. The third-order valence-corrected chi connectivity index (χ3v) is 4.07. The summed E-state index contributed by atoms with van der Waals surface area (Å²) in [6.45, 7) is 0. The van der Waals surface area contributed by atoms with E-state index < -0.39 is 23.3 Å². The Morgan fingerprint density at radius 1 is 1.04 bits per heavy atom. The molecule has 4 nitrogen and oxygen atoms in total. The summed E-state index contributed by atoms with van der Waals surface area (Å²) in [4.78, 5) is 27.9. The molecular weight excluding hydrogens is 334 g/mol. The maximum Gasteiger partial charge on any atom is 0.250 e. The van der Waals surface area contributed by atoms with Crippen molar-refractivity contribution < 1.29 is 18.4 Å². The Morgan fingerprint density at radius 3 is 2.58 bits per heavy atom. The fourth-order valence-electron chi connectivity index (χ4n) is 1.97. The number of amides is 1. The Kier molecular flexibility index (Phi) is 4.43. The number of ketones is 1. The first kappa shape index (κ1) is 15.9. The summed E-state index contributed by atoms with van der Waals surface area (Å²) in [5.74, 6) is -3.30. The molecule has 0 bridgehead atoms. The molecule has 7 heteroatoms. The molecule has 0 atom stereocenters. The number of aromatic nitrogens is 1. The molecule has 0 radical (unpaired) electrons. The van der Waals surface area contributed by atoms with Crippen molar-refractivity contribution in [3.8, 4) is 0 Å². The van der Waals surface area contributed by atoms with Crippen LogP contribution in [0.5, 0.6) is 0 Å². The molecule has 0 aliphatic rings. The third-order valence-electron chi connectivity index (χ3n) is 3.11. The van der Waals surface area contributed by atoms with Crippen molar-refractivity contribution in [2.45, 2.75) is 0 Å². The first-order valence-electron chi connectivity index (χ1n) is 6.87. The Hall–Kier alpha value is -2.93. The number of fused-ring (bicyclic) bond motifs is 1. The summed E-state index contributed by atoms with van der Waals surface area (Å²) in [6.07, 6.45) is 2.02. The molecule has 0 fully saturated rings. The Labute approximate surface area is 139 Å². The van der Waals surface area contributed by atoms with E-state index in [0.29, 0.717) is 5.13 Å². The second-order valence-electron chi connectivity index (χ2n) is 4.80. The summed E-state index contributed by atoms with van der Waals surface area (Å²) in [5, 5.41) is 2.96. The predicted octanol–water partition coefficient (Wildman–Crippen LogP) is 3.95. The minimum atomic E-state index is -1.12. The average molecular weight is 344 g/mol. The summed E-state index contributed by atoms with van der Waals surface area (Å²) < 4.78 is 26.8. The summed E-state index contributed by atoms with van der Waals surface area (Å²) in [7, 11) is 0. The topological polar surface area (TPSA) is 59.1 Å². The molecule has 1 heterocycles. The number of nitrogens with zero attached hydrogens (tertiary/aromatic N) is 1. The molecule has 3 aromatic rings. The summed E-state index contributed by atoms with van der Waals surface area (Å²) in [5.41, 5.74) is 0.720. The summed E-state index contributed by atoms with van der Waals surface area (Å²) in [6, 6.07) is 10.2. The highest BCUT2D eigenvalue weighted by Crippen LogP contribution is 2.25. The van der Waals surface area contributed by atoms with Crippen LogP contribution in [0.25, 0.3) is 10.2 Å². The van der Waals surface area contributed by atoms with Crippen LogP contribution in [0, 0.1) is 11.6 Å². The quantitative estimate of drug-likeness (QED) is 0.576. The smallest absolute Gasteiger partial charge is 0.250 e. The van der Waals surface area contributed by atoms with Gasteiger partial charge in [-0.3, -0.25) is 14.9 Å². The van der Waals surface area contributed by atoms with Crippen LogP contribution in [-0.4, -0.2) is 16.7 Å². The number of hydrogen-bond donors (Lipinski definition) is 1. The second kappa shape index (κ2) is 6.67. The lowest BCUT2D eigenvalue weighted by Gasteiger charge is -1.98. The van der Waals surface area contributed by atoms with Gasteiger partial charge in [-0.1, -0.05) is 23.5 Å². The van der Waals surface area contributed by atoms with Gasteiger partial charge in [-0.15, -0.1) is 0 Å². The van der Waals surface area contributed by atoms with E-state index in [4.69, 9.17) is 0 Å². The molecule has 0 saturated carbocycles. The molecule has 120 valence electrons. The lowest BCUT2D eigenvalue weighted by atomic mass is 10.1. The van der Waals surface area contributed by atoms with Gasteiger partial charge in [0.25, 0.3) is 0 Å². The van der Waals surface area contributed by atoms with Crippen molar-refractivity contribution in [2.75, 3.05) is 5.32 Å². The number of para-hydroxylation sites is 1. The van der Waals surface area contributed by atoms with E-state index in [0.717, 1.165) is 40.6 Å². The van der Waals surface area contributed by atoms with Gasteiger partial charge in [0.05, 0.1) is 10.2 Å². The first-order chi connectivity index (χ1) is 11.5. The van der Waals surface area contributed by atoms with Crippen LogP contribution >= 0.6 is 11.3 Å². The van der Waals surface area contributed by atoms with E-state index in [1.807, 2.05) is 24.3 Å². The van der Waals surface area contributed by atoms with Gasteiger partial charge in [-0.05, 0) is 36.4 Å². The van der Waals surface area contributed by atoms with Crippen molar-refractivity contribution in [2.24, 2.45) is 0 Å². The van der Waals surface area contributed by atoms with Crippen molar-refractivity contribution in [1.29, 1.82) is 0 Å². The van der Waals surface area contributed by atoms with Crippen LogP contribution < -0.4 is 5.32 Å². The van der Waals surface area contributed by atoms with Crippen LogP contribution in [-0.2, 0) is 4.79 Å². The van der Waals surface area contributed by atoms with Gasteiger partial charge in [-0.2, -0.15) is 0 Å². The molecular formula is C17H10F2N2O2S. The van der Waals surface area contributed by atoms with Crippen LogP contribution in [0.4, 0.5) is 13.9 Å². The molecule has 1 amide bonds. The Bertz CT molecular complexity index is 933. The molecule has 0 spiro atoms. The molecule has 0 saturated heterocycles. The molecule has 24 heavy (non-hydrogen) atoms. The van der Waals surface area contributed by atoms with Gasteiger partial charge in [-0.25, -0.2) is 13.8 Å². The highest BCUT2D eigenvalue weighted by Gasteiger charge is 2.09. The zero-order valence-corrected chi connectivity index (χ0v) is 12.9. The molecule has 1 N–H and O–H groups in total. The SMILES string of the molecule is O=C(/C=C/C(=O)c1ccc(F)c(F)c1)Nc1nc2ccccc2s1. The molecule has 0 unspecified atom stereocenters. The van der Waals surface area contributed by atoms with Crippen LogP contribution in [0.3, 0.4) is 0 Å². The number of carbonyl (C=O) groups excluding carboxylic acids is 2. The fourth-order valence-corrected chi connectivity index (χ4v) is 2.84. The summed E-state index contributed by atoms with van der Waals surface area (Å²) >= 11 is 1.31. The highest BCUT2D eigenvalue weighted by atomic mass is 32.1. The average Bonchev–Trinajstić information content (AvgIpc) is 2.97. The number of nitrogens with one attached hydrogen (secondary N) is 1. The zero-order chi connectivity index (χ0) is 17.1. The van der Waals surface area contributed by atoms with Crippen LogP contribution in [0.2, 0.25) is 0 Å². The van der Waals surface area contributed by atoms with Crippen LogP contribution in [0.15, 0.2) is 54.6 Å². The third kappa shape index (κ3) is 3.52. The van der Waals surface area contributed by atoms with Crippen molar-refractivity contribution in [3.63, 3.8) is 0 Å². The van der Waals surface area contributed by atoms with Gasteiger partial charge in [0, 0.05) is 11.6 Å². The molecule has 0 aliphatic heterocycles. The number of benzene rings is 2. The van der Waals surface area contributed by atoms with E-state index in [1.165, 1.54) is 11.3 Å². The van der Waals surface area contributed by atoms with Gasteiger partial charge in [0.1, 0.15) is 0 Å². The number of anilines is 1. The number of hydrogen-bond acceptors (Lipinski definition) is 4. The van der Waals surface area contributed by atoms with Crippen LogP contribution in [0.1, 0.15) is 10.4 Å². The zero-order valence-electron chi connectivity index (χ0n) is 12.1. The number of carbonyl (C=O) groups is 2. The van der Waals surface area contributed by atoms with Gasteiger partial charge in [0.2, 0.25) is 5.91 Å². The Balaban J connectivity index is 1.68. The van der Waals surface area contributed by atoms with Crippen molar-refractivity contribution in [3.05, 3.63) is 71.8 Å². The van der Waals surface area contributed by atoms with E-state index in [9.17, 15) is 18.4 Å². The predicted molar refractivity (Wildman–Crippen MR) is 88.1 cm³/mol. The number of thiazole rings is 1. The monoisotopic (exact) mass is 344 g/mol. The molecule has 2 aromatic carbocycles. The molecule has 3 rings (SSSR count). The van der Waals surface area contributed by atoms with E-state index in [2.05, 4.69) is 10.3 Å². The van der Waals surface area contributed by atoms with E-state index >= 15 is 0 Å². The van der Waals surface area contributed by atoms with Gasteiger partial charge in [0.15, 0.2) is 22.5 Å². The second-order valence-corrected chi connectivity index (χ2v) is 5.83. The van der Waals surface area contributed by atoms with E-state index in [1.54, 1.807) is 0 Å². The van der Waals surface area contributed by atoms with E-state index in [-0.39, 0.29) is 5.56 Å². The lowest BCUT2D eigenvalue weighted by molar-refractivity contribution is -0.111. The number of allylic oxidation sites excluding steroid dienone is 1. The first-order valence-corrected chi connectivity index (χ1v) is 7.68. The Morgan fingerprint density at radius 2 is 1.83 bits per heavy atom. The van der Waals surface area contributed by atoms with Gasteiger partial charge >= 0.3 is 0 Å². The minimum absolute atomic E-state index is 0.0436. The minimum Gasteiger partial charge on any atom is -0.298 e.